The van der Waals surface area contributed by atoms with Crippen LogP contribution in [0, 0.1) is 13.7 Å². The lowest BCUT2D eigenvalue weighted by atomic mass is 10.1. The van der Waals surface area contributed by atoms with Gasteiger partial charge in [0, 0.05) is 11.1 Å². The molecule has 10 nitrogen and oxygen atoms in total. The number of nitro benzene ring substituents is 1. The van der Waals surface area contributed by atoms with Gasteiger partial charge in [0.2, 0.25) is 5.75 Å². The molecule has 0 aromatic heterocycles. The van der Waals surface area contributed by atoms with Crippen LogP contribution >= 0.6 is 34.2 Å². The smallest absolute Gasteiger partial charge is 0.416 e. The number of hydrogen-bond acceptors (Lipinski definition) is 7. The van der Waals surface area contributed by atoms with E-state index in [0.29, 0.717) is 17.2 Å². The largest absolute Gasteiger partial charge is 0.493 e. The molecule has 1 saturated heterocycles. The van der Waals surface area contributed by atoms with Crippen LogP contribution in [-0.4, -0.2) is 29.9 Å². The summed E-state index contributed by atoms with van der Waals surface area (Å²) in [5, 5.41) is 13.9. The normalized spacial score (nSPS) is 14.8. The van der Waals surface area contributed by atoms with E-state index in [1.165, 1.54) is 49.6 Å². The van der Waals surface area contributed by atoms with Crippen LogP contribution in [0.5, 0.6) is 17.2 Å². The zero-order valence-corrected chi connectivity index (χ0v) is 22.8. The average Bonchev–Trinajstić information content (AvgIpc) is 2.88. The second-order valence-electron chi connectivity index (χ2n) is 8.01. The zero-order chi connectivity index (χ0) is 29.4. The number of hydrogen-bond donors (Lipinski definition) is 1. The van der Waals surface area contributed by atoms with Gasteiger partial charge in [-0.1, -0.05) is 11.6 Å². The van der Waals surface area contributed by atoms with Crippen molar-refractivity contribution in [3.8, 4) is 17.2 Å². The molecule has 0 saturated carbocycles. The highest BCUT2D eigenvalue weighted by Gasteiger charge is 2.37. The number of nitrogens with zero attached hydrogens (tertiary/aromatic N) is 2. The molecule has 0 aliphatic carbocycles. The number of carbonyl (C=O) groups is 3. The molecule has 1 heterocycles. The standard InChI is InChI=1S/C25H14ClF3IN3O7/c1-39-20-10-12(8-16-22(34)31-24(36)32(23(16)35)15-5-3-14(26)4-6-15)9-17(30)21(20)40-19-7-2-13(25(27,28)29)11-18(19)33(37)38/h2-11H,1H3,(H,31,34,36)/b16-8+. The van der Waals surface area contributed by atoms with E-state index in [2.05, 4.69) is 5.32 Å². The fourth-order valence-corrected chi connectivity index (χ4v) is 4.47. The Morgan fingerprint density at radius 2 is 1.73 bits per heavy atom. The Morgan fingerprint density at radius 3 is 2.33 bits per heavy atom. The number of ether oxygens (including phenoxy) is 2. The Kier molecular flexibility index (Phi) is 8.02. The van der Waals surface area contributed by atoms with Gasteiger partial charge >= 0.3 is 17.9 Å². The summed E-state index contributed by atoms with van der Waals surface area (Å²) in [4.78, 5) is 49.2. The van der Waals surface area contributed by atoms with Crippen molar-refractivity contribution in [1.82, 2.24) is 5.32 Å². The first-order valence-corrected chi connectivity index (χ1v) is 12.3. The molecule has 0 spiro atoms. The van der Waals surface area contributed by atoms with E-state index in [-0.39, 0.29) is 31.9 Å². The van der Waals surface area contributed by atoms with Crippen molar-refractivity contribution in [3.05, 3.63) is 90.0 Å². The van der Waals surface area contributed by atoms with Gasteiger partial charge in [0.1, 0.15) is 5.57 Å². The second kappa shape index (κ2) is 11.1. The third-order valence-corrected chi connectivity index (χ3v) is 6.50. The summed E-state index contributed by atoms with van der Waals surface area (Å²) in [6.45, 7) is 0. The Bertz CT molecular complexity index is 1590. The van der Waals surface area contributed by atoms with E-state index in [0.717, 1.165) is 11.0 Å². The SMILES string of the molecule is COc1cc(/C=C2\C(=O)NC(=O)N(c3ccc(Cl)cc3)C2=O)cc(I)c1Oc1ccc(C(F)(F)F)cc1[N+](=O)[O-]. The molecule has 4 rings (SSSR count). The molecule has 15 heteroatoms. The number of benzene rings is 3. The fourth-order valence-electron chi connectivity index (χ4n) is 3.60. The second-order valence-corrected chi connectivity index (χ2v) is 9.61. The molecule has 40 heavy (non-hydrogen) atoms. The van der Waals surface area contributed by atoms with Gasteiger partial charge in [0.15, 0.2) is 11.5 Å². The van der Waals surface area contributed by atoms with Gasteiger partial charge in [0.25, 0.3) is 11.8 Å². The summed E-state index contributed by atoms with van der Waals surface area (Å²) in [5.74, 6) is -2.41. The molecule has 0 radical (unpaired) electrons. The number of anilines is 1. The maximum absolute atomic E-state index is 13.1. The van der Waals surface area contributed by atoms with Gasteiger partial charge in [-0.3, -0.25) is 25.0 Å². The van der Waals surface area contributed by atoms with E-state index in [4.69, 9.17) is 21.1 Å². The maximum Gasteiger partial charge on any atom is 0.416 e. The number of methoxy groups -OCH3 is 1. The number of imide groups is 2. The van der Waals surface area contributed by atoms with Crippen LogP contribution in [0.4, 0.5) is 29.3 Å². The first-order valence-electron chi connectivity index (χ1n) is 10.9. The van der Waals surface area contributed by atoms with E-state index >= 15 is 0 Å². The van der Waals surface area contributed by atoms with Crippen molar-refractivity contribution in [1.29, 1.82) is 0 Å². The van der Waals surface area contributed by atoms with Crippen LogP contribution in [0.15, 0.2) is 60.2 Å². The van der Waals surface area contributed by atoms with Crippen molar-refractivity contribution in [2.75, 3.05) is 12.0 Å². The number of nitro groups is 1. The first-order chi connectivity index (χ1) is 18.8. The highest BCUT2D eigenvalue weighted by atomic mass is 127. The first kappa shape index (κ1) is 28.8. The number of alkyl halides is 3. The lowest BCUT2D eigenvalue weighted by Crippen LogP contribution is -2.54. The number of nitrogens with one attached hydrogen (secondary N) is 1. The van der Waals surface area contributed by atoms with E-state index in [1.54, 1.807) is 22.6 Å². The Morgan fingerprint density at radius 1 is 1.05 bits per heavy atom. The molecule has 1 aliphatic heterocycles. The van der Waals surface area contributed by atoms with Crippen molar-refractivity contribution >= 4 is 69.5 Å². The van der Waals surface area contributed by atoms with Crippen LogP contribution in [-0.2, 0) is 15.8 Å². The summed E-state index contributed by atoms with van der Waals surface area (Å²) < 4.78 is 50.3. The van der Waals surface area contributed by atoms with Crippen LogP contribution in [0.3, 0.4) is 0 Å². The molecule has 0 atom stereocenters. The molecule has 1 N–H and O–H groups in total. The van der Waals surface area contributed by atoms with Crippen molar-refractivity contribution < 1.29 is 42.0 Å². The summed E-state index contributed by atoms with van der Waals surface area (Å²) in [6, 6.07) is 9.40. The fraction of sp³-hybridized carbons (Fsp3) is 0.0800. The molecule has 3 aromatic carbocycles. The molecule has 1 fully saturated rings. The molecule has 4 amide bonds. The Hall–Kier alpha value is -4.18. The third kappa shape index (κ3) is 5.86. The lowest BCUT2D eigenvalue weighted by Gasteiger charge is -2.26. The van der Waals surface area contributed by atoms with Crippen LogP contribution in [0.1, 0.15) is 11.1 Å². The van der Waals surface area contributed by atoms with E-state index < -0.39 is 45.9 Å². The van der Waals surface area contributed by atoms with Crippen molar-refractivity contribution in [2.45, 2.75) is 6.18 Å². The average molecular weight is 688 g/mol. The number of rotatable bonds is 6. The van der Waals surface area contributed by atoms with Crippen molar-refractivity contribution in [3.63, 3.8) is 0 Å². The van der Waals surface area contributed by atoms with Gasteiger partial charge in [-0.05, 0) is 82.8 Å². The van der Waals surface area contributed by atoms with Crippen LogP contribution in [0.2, 0.25) is 5.02 Å². The monoisotopic (exact) mass is 687 g/mol. The quantitative estimate of drug-likeness (QED) is 0.105. The minimum absolute atomic E-state index is 0.0118. The number of urea groups is 1. The van der Waals surface area contributed by atoms with E-state index in [9.17, 15) is 37.7 Å². The molecule has 206 valence electrons. The highest BCUT2D eigenvalue weighted by molar-refractivity contribution is 14.1. The van der Waals surface area contributed by atoms with Crippen LogP contribution < -0.4 is 19.7 Å². The van der Waals surface area contributed by atoms with Gasteiger partial charge in [-0.15, -0.1) is 0 Å². The minimum atomic E-state index is -4.80. The summed E-state index contributed by atoms with van der Waals surface area (Å²) in [5.41, 5.74) is -2.12. The van der Waals surface area contributed by atoms with Crippen molar-refractivity contribution in [2.24, 2.45) is 0 Å². The van der Waals surface area contributed by atoms with Gasteiger partial charge in [0.05, 0.1) is 26.9 Å². The van der Waals surface area contributed by atoms with Gasteiger partial charge in [-0.2, -0.15) is 13.2 Å². The molecular weight excluding hydrogens is 674 g/mol. The number of amides is 4. The molecule has 3 aromatic rings. The zero-order valence-electron chi connectivity index (χ0n) is 19.9. The Balaban J connectivity index is 1.71. The molecule has 0 bridgehead atoms. The molecular formula is C25H14ClF3IN3O7. The third-order valence-electron chi connectivity index (χ3n) is 5.44. The topological polar surface area (TPSA) is 128 Å². The summed E-state index contributed by atoms with van der Waals surface area (Å²) in [7, 11) is 1.25. The Labute approximate surface area is 241 Å². The van der Waals surface area contributed by atoms with Gasteiger partial charge in [-0.25, -0.2) is 9.69 Å². The molecule has 0 unspecified atom stereocenters. The summed E-state index contributed by atoms with van der Waals surface area (Å²) in [6.07, 6.45) is -3.61. The molecule has 1 aliphatic rings. The predicted octanol–water partition coefficient (Wildman–Crippen LogP) is 6.34. The number of barbiturate groups is 1. The highest BCUT2D eigenvalue weighted by Crippen LogP contribution is 2.42. The minimum Gasteiger partial charge on any atom is -0.493 e. The number of halogens is 5. The maximum atomic E-state index is 13.1. The lowest BCUT2D eigenvalue weighted by molar-refractivity contribution is -0.385. The summed E-state index contributed by atoms with van der Waals surface area (Å²) >= 11 is 7.66. The predicted molar refractivity (Wildman–Crippen MR) is 144 cm³/mol. The van der Waals surface area contributed by atoms with Crippen LogP contribution in [0.25, 0.3) is 6.08 Å². The van der Waals surface area contributed by atoms with E-state index in [1.807, 2.05) is 0 Å². The van der Waals surface area contributed by atoms with Gasteiger partial charge < -0.3 is 9.47 Å². The number of carbonyl (C=O) groups excluding carboxylic acids is 3.